The molecule has 0 aromatic carbocycles. The molecule has 36 heavy (non-hydrogen) atoms. The second kappa shape index (κ2) is 10.1. The van der Waals surface area contributed by atoms with Gasteiger partial charge in [-0.05, 0) is 18.8 Å². The molecule has 0 N–H and O–H groups in total. The number of aryl methyl sites for hydroxylation is 1. The molecule has 202 valence electrons. The molecular weight excluding hydrogens is 500 g/mol. The van der Waals surface area contributed by atoms with Gasteiger partial charge >= 0.3 is 18.4 Å². The number of amides is 2. The van der Waals surface area contributed by atoms with E-state index < -0.39 is 24.5 Å². The molecule has 4 rings (SSSR count). The van der Waals surface area contributed by atoms with Gasteiger partial charge in [0, 0.05) is 57.9 Å². The first-order valence-electron chi connectivity index (χ1n) is 11.6. The smallest absolute Gasteiger partial charge is 0.426 e. The molecular formula is C21H27F6N5O4. The highest BCUT2D eigenvalue weighted by molar-refractivity contribution is 5.94. The van der Waals surface area contributed by atoms with Gasteiger partial charge in [0.2, 0.25) is 0 Å². The Kier molecular flexibility index (Phi) is 7.42. The third kappa shape index (κ3) is 5.56. The van der Waals surface area contributed by atoms with E-state index in [0.717, 1.165) is 10.5 Å². The first kappa shape index (κ1) is 26.5. The van der Waals surface area contributed by atoms with E-state index in [0.29, 0.717) is 58.2 Å². The predicted octanol–water partition coefficient (Wildman–Crippen LogP) is 2.37. The third-order valence-corrected chi connectivity index (χ3v) is 6.74. The summed E-state index contributed by atoms with van der Waals surface area (Å²) in [4.78, 5) is 29.9. The second-order valence-electron chi connectivity index (χ2n) is 9.20. The van der Waals surface area contributed by atoms with Gasteiger partial charge in [-0.3, -0.25) is 14.4 Å². The molecule has 9 nitrogen and oxygen atoms in total. The summed E-state index contributed by atoms with van der Waals surface area (Å²) >= 11 is 0. The molecule has 0 spiro atoms. The second-order valence-corrected chi connectivity index (χ2v) is 9.20. The van der Waals surface area contributed by atoms with Crippen molar-refractivity contribution in [2.45, 2.75) is 38.5 Å². The van der Waals surface area contributed by atoms with Gasteiger partial charge in [0.25, 0.3) is 12.0 Å². The molecule has 3 saturated heterocycles. The summed E-state index contributed by atoms with van der Waals surface area (Å²) in [6.07, 6.45) is -15.6. The van der Waals surface area contributed by atoms with Crippen molar-refractivity contribution in [2.75, 3.05) is 52.5 Å². The van der Waals surface area contributed by atoms with Crippen molar-refractivity contribution < 1.29 is 45.4 Å². The highest BCUT2D eigenvalue weighted by Gasteiger charge is 2.60. The van der Waals surface area contributed by atoms with E-state index >= 15 is 0 Å². The van der Waals surface area contributed by atoms with E-state index in [-0.39, 0.29) is 30.8 Å². The Hall–Kier alpha value is -2.55. The lowest BCUT2D eigenvalue weighted by Crippen LogP contribution is -2.48. The highest BCUT2D eigenvalue weighted by Crippen LogP contribution is 2.37. The zero-order chi connectivity index (χ0) is 26.3. The van der Waals surface area contributed by atoms with Crippen LogP contribution in [0.15, 0.2) is 6.20 Å². The number of aromatic nitrogens is 2. The minimum atomic E-state index is -5.75. The van der Waals surface area contributed by atoms with Gasteiger partial charge < -0.3 is 19.3 Å². The number of rotatable bonds is 5. The molecule has 0 saturated carbocycles. The zero-order valence-electron chi connectivity index (χ0n) is 19.5. The molecule has 0 bridgehead atoms. The number of ether oxygens (including phenoxy) is 2. The number of nitrogens with zero attached hydrogens (tertiary/aromatic N) is 5. The fraction of sp³-hybridized carbons (Fsp3) is 0.762. The molecule has 15 heteroatoms. The van der Waals surface area contributed by atoms with Gasteiger partial charge in [-0.1, -0.05) is 0 Å². The zero-order valence-corrected chi connectivity index (χ0v) is 19.5. The van der Waals surface area contributed by atoms with E-state index in [1.165, 1.54) is 0 Å². The molecule has 0 radical (unpaired) electrons. The first-order valence-corrected chi connectivity index (χ1v) is 11.6. The van der Waals surface area contributed by atoms with Crippen molar-refractivity contribution in [3.8, 4) is 0 Å². The molecule has 1 aromatic heterocycles. The number of halogens is 6. The number of carbonyl (C=O) groups is 2. The Labute approximate surface area is 202 Å². The highest BCUT2D eigenvalue weighted by atomic mass is 19.4. The maximum absolute atomic E-state index is 13.2. The predicted molar refractivity (Wildman–Crippen MR) is 111 cm³/mol. The number of hydrogen-bond acceptors (Lipinski definition) is 6. The minimum absolute atomic E-state index is 0.00375. The van der Waals surface area contributed by atoms with Crippen LogP contribution in [0.25, 0.3) is 0 Å². The molecule has 0 aliphatic carbocycles. The average molecular weight is 527 g/mol. The fourth-order valence-corrected chi connectivity index (χ4v) is 5.05. The number of fused-ring (bicyclic) bond motifs is 1. The van der Waals surface area contributed by atoms with E-state index in [9.17, 15) is 35.9 Å². The summed E-state index contributed by atoms with van der Waals surface area (Å²) in [6, 6.07) is 0. The number of likely N-dealkylation sites (tertiary alicyclic amines) is 2. The van der Waals surface area contributed by atoms with Crippen LogP contribution in [0.5, 0.6) is 0 Å². The lowest BCUT2D eigenvalue weighted by atomic mass is 10.0. The Morgan fingerprint density at radius 1 is 1.03 bits per heavy atom. The van der Waals surface area contributed by atoms with Crippen molar-refractivity contribution in [1.82, 2.24) is 24.5 Å². The van der Waals surface area contributed by atoms with Gasteiger partial charge in [0.15, 0.2) is 0 Å². The fourth-order valence-electron chi connectivity index (χ4n) is 5.05. The molecule has 2 amide bonds. The van der Waals surface area contributed by atoms with Crippen molar-refractivity contribution >= 4 is 12.0 Å². The molecule has 3 aliphatic rings. The van der Waals surface area contributed by atoms with Crippen molar-refractivity contribution in [3.63, 3.8) is 0 Å². The molecule has 3 fully saturated rings. The third-order valence-electron chi connectivity index (χ3n) is 6.74. The Bertz CT molecular complexity index is 934. The molecule has 3 aliphatic heterocycles. The van der Waals surface area contributed by atoms with E-state index in [2.05, 4.69) is 14.7 Å². The standard InChI is InChI=1S/C21H27F6N5O4/c1-2-32-16(17(33)30-3-5-35-6-4-30)13(7-28-32)8-29-9-14-11-31(12-15(14)10-29)19(34)36-18(20(22,23)24)21(25,26)27/h7,14-15,18H,2-6,8-12H2,1H3. The van der Waals surface area contributed by atoms with E-state index in [1.807, 2.05) is 6.92 Å². The minimum Gasteiger partial charge on any atom is -0.426 e. The van der Waals surface area contributed by atoms with Crippen LogP contribution < -0.4 is 0 Å². The summed E-state index contributed by atoms with van der Waals surface area (Å²) in [5.74, 6) is -0.398. The largest absolute Gasteiger partial charge is 0.434 e. The van der Waals surface area contributed by atoms with Gasteiger partial charge in [0.1, 0.15) is 5.69 Å². The Morgan fingerprint density at radius 3 is 2.14 bits per heavy atom. The summed E-state index contributed by atoms with van der Waals surface area (Å²) in [5, 5.41) is 4.33. The van der Waals surface area contributed by atoms with Crippen LogP contribution in [-0.2, 0) is 22.6 Å². The topological polar surface area (TPSA) is 80.1 Å². The molecule has 2 unspecified atom stereocenters. The summed E-state index contributed by atoms with van der Waals surface area (Å²) in [5.41, 5.74) is 1.23. The van der Waals surface area contributed by atoms with Crippen molar-refractivity contribution in [1.29, 1.82) is 0 Å². The first-order chi connectivity index (χ1) is 16.9. The van der Waals surface area contributed by atoms with Crippen LogP contribution in [0.4, 0.5) is 31.1 Å². The Morgan fingerprint density at radius 2 is 1.61 bits per heavy atom. The normalized spacial score (nSPS) is 23.4. The van der Waals surface area contributed by atoms with E-state index in [4.69, 9.17) is 4.74 Å². The van der Waals surface area contributed by atoms with Crippen LogP contribution in [0, 0.1) is 11.8 Å². The summed E-state index contributed by atoms with van der Waals surface area (Å²) in [6.45, 7) is 5.61. The maximum atomic E-state index is 13.2. The molecule has 4 heterocycles. The Balaban J connectivity index is 1.36. The number of alkyl halides is 6. The molecule has 1 aromatic rings. The number of morpholine rings is 1. The van der Waals surface area contributed by atoms with Gasteiger partial charge in [-0.2, -0.15) is 31.4 Å². The van der Waals surface area contributed by atoms with Crippen LogP contribution in [0.3, 0.4) is 0 Å². The monoisotopic (exact) mass is 527 g/mol. The van der Waals surface area contributed by atoms with Gasteiger partial charge in [0.05, 0.1) is 19.4 Å². The maximum Gasteiger partial charge on any atom is 0.434 e. The lowest BCUT2D eigenvalue weighted by molar-refractivity contribution is -0.308. The average Bonchev–Trinajstić information content (AvgIpc) is 3.49. The summed E-state index contributed by atoms with van der Waals surface area (Å²) < 4.78 is 87.1. The van der Waals surface area contributed by atoms with E-state index in [1.54, 1.807) is 15.8 Å². The van der Waals surface area contributed by atoms with Crippen LogP contribution in [-0.4, -0.2) is 107 Å². The summed E-state index contributed by atoms with van der Waals surface area (Å²) in [7, 11) is 0. The van der Waals surface area contributed by atoms with Crippen LogP contribution in [0.1, 0.15) is 23.0 Å². The quantitative estimate of drug-likeness (QED) is 0.548. The van der Waals surface area contributed by atoms with Crippen LogP contribution >= 0.6 is 0 Å². The number of hydrogen-bond donors (Lipinski definition) is 0. The molecule has 2 atom stereocenters. The number of carbonyl (C=O) groups excluding carboxylic acids is 2. The SMILES string of the molecule is CCn1ncc(CN2CC3CN(C(=O)OC(C(F)(F)F)C(F)(F)F)CC3C2)c1C(=O)N1CCOCC1. The lowest BCUT2D eigenvalue weighted by Gasteiger charge is -2.28. The van der Waals surface area contributed by atoms with Crippen molar-refractivity contribution in [3.05, 3.63) is 17.5 Å². The van der Waals surface area contributed by atoms with Crippen LogP contribution in [0.2, 0.25) is 0 Å². The van der Waals surface area contributed by atoms with Crippen molar-refractivity contribution in [2.24, 2.45) is 11.8 Å². The van der Waals surface area contributed by atoms with Gasteiger partial charge in [-0.25, -0.2) is 4.79 Å². The van der Waals surface area contributed by atoms with Gasteiger partial charge in [-0.15, -0.1) is 0 Å².